The third-order valence-corrected chi connectivity index (χ3v) is 7.57. The Morgan fingerprint density at radius 3 is 2.65 bits per heavy atom. The SMILES string of the molecule is N#C/C(c1nnc2n1CCCCC2)=c1/s/c(=C/c2ccc(Cl)c(Cl)c2)c(=O)n1-c1ccccc1. The van der Waals surface area contributed by atoms with Crippen LogP contribution in [0, 0.1) is 11.3 Å². The van der Waals surface area contributed by atoms with E-state index in [1.54, 1.807) is 28.8 Å². The van der Waals surface area contributed by atoms with Crippen molar-refractivity contribution in [3.05, 3.63) is 95.3 Å². The lowest BCUT2D eigenvalue weighted by atomic mass is 10.2. The van der Waals surface area contributed by atoms with Gasteiger partial charge in [0.15, 0.2) is 5.82 Å². The van der Waals surface area contributed by atoms with Gasteiger partial charge in [-0.1, -0.05) is 53.9 Å². The maximum Gasteiger partial charge on any atom is 0.273 e. The normalized spacial score (nSPS) is 14.9. The van der Waals surface area contributed by atoms with Gasteiger partial charge in [-0.3, -0.25) is 9.36 Å². The average molecular weight is 508 g/mol. The van der Waals surface area contributed by atoms with Crippen LogP contribution in [0.25, 0.3) is 17.3 Å². The summed E-state index contributed by atoms with van der Waals surface area (Å²) in [5.41, 5.74) is 1.53. The van der Waals surface area contributed by atoms with E-state index in [1.807, 2.05) is 34.9 Å². The predicted octanol–water partition coefficient (Wildman–Crippen LogP) is 4.08. The highest BCUT2D eigenvalue weighted by Crippen LogP contribution is 2.23. The lowest BCUT2D eigenvalue weighted by Crippen LogP contribution is -2.31. The van der Waals surface area contributed by atoms with E-state index < -0.39 is 0 Å². The molecule has 5 rings (SSSR count). The maximum absolute atomic E-state index is 13.6. The fraction of sp³-hybridized carbons (Fsp3) is 0.200. The molecular formula is C25H19Cl2N5OS. The number of nitrogens with zero attached hydrogens (tertiary/aromatic N) is 5. The summed E-state index contributed by atoms with van der Waals surface area (Å²) in [6, 6.07) is 16.8. The first-order valence-corrected chi connectivity index (χ1v) is 12.4. The summed E-state index contributed by atoms with van der Waals surface area (Å²) >= 11 is 13.5. The first-order chi connectivity index (χ1) is 16.6. The molecule has 1 aliphatic rings. The van der Waals surface area contributed by atoms with Gasteiger partial charge in [-0.15, -0.1) is 21.5 Å². The standard InChI is InChI=1S/C25H19Cl2N5OS/c26-19-11-10-16(13-20(19)27)14-21-24(33)32(17-7-3-1-4-8-17)25(34-21)18(15-28)23-30-29-22-9-5-2-6-12-31(22)23/h1,3-4,7-8,10-11,13-14H,2,5-6,9,12H2/b21-14+,25-18-. The fourth-order valence-electron chi connectivity index (χ4n) is 4.08. The van der Waals surface area contributed by atoms with Crippen molar-refractivity contribution in [3.63, 3.8) is 0 Å². The van der Waals surface area contributed by atoms with Crippen LogP contribution in [0.5, 0.6) is 0 Å². The summed E-state index contributed by atoms with van der Waals surface area (Å²) in [7, 11) is 0. The number of aryl methyl sites for hydroxylation is 1. The van der Waals surface area contributed by atoms with Crippen LogP contribution < -0.4 is 14.8 Å². The molecule has 2 aromatic carbocycles. The highest BCUT2D eigenvalue weighted by Gasteiger charge is 2.21. The fourth-order valence-corrected chi connectivity index (χ4v) is 5.49. The highest BCUT2D eigenvalue weighted by atomic mass is 35.5. The molecule has 0 bridgehead atoms. The molecule has 4 aromatic rings. The van der Waals surface area contributed by atoms with Gasteiger partial charge in [0.25, 0.3) is 5.56 Å². The van der Waals surface area contributed by atoms with Crippen molar-refractivity contribution in [2.24, 2.45) is 0 Å². The summed E-state index contributed by atoms with van der Waals surface area (Å²) in [6.07, 6.45) is 5.76. The number of hydrogen-bond donors (Lipinski definition) is 0. The van der Waals surface area contributed by atoms with Crippen LogP contribution in [0.2, 0.25) is 10.0 Å². The number of para-hydroxylation sites is 1. The number of aromatic nitrogens is 4. The van der Waals surface area contributed by atoms with Gasteiger partial charge in [-0.2, -0.15) is 5.26 Å². The van der Waals surface area contributed by atoms with Crippen LogP contribution in [0.15, 0.2) is 53.3 Å². The Morgan fingerprint density at radius 1 is 1.06 bits per heavy atom. The molecule has 1 aliphatic heterocycles. The molecule has 0 radical (unpaired) electrons. The van der Waals surface area contributed by atoms with Crippen molar-refractivity contribution >= 4 is 46.2 Å². The van der Waals surface area contributed by atoms with E-state index in [0.717, 1.165) is 43.6 Å². The molecule has 2 aromatic heterocycles. The van der Waals surface area contributed by atoms with Gasteiger partial charge in [-0.25, -0.2) is 0 Å². The largest absolute Gasteiger partial charge is 0.310 e. The van der Waals surface area contributed by atoms with E-state index in [1.165, 1.54) is 11.3 Å². The van der Waals surface area contributed by atoms with Gasteiger partial charge in [0.1, 0.15) is 22.1 Å². The molecule has 0 N–H and O–H groups in total. The molecule has 0 saturated heterocycles. The van der Waals surface area contributed by atoms with Crippen LogP contribution in [-0.4, -0.2) is 19.3 Å². The lowest BCUT2D eigenvalue weighted by Gasteiger charge is -2.07. The summed E-state index contributed by atoms with van der Waals surface area (Å²) in [5, 5.41) is 19.8. The van der Waals surface area contributed by atoms with Gasteiger partial charge in [0.2, 0.25) is 0 Å². The zero-order valence-electron chi connectivity index (χ0n) is 18.0. The Labute approximate surface area is 209 Å². The summed E-state index contributed by atoms with van der Waals surface area (Å²) < 4.78 is 4.59. The molecule has 34 heavy (non-hydrogen) atoms. The first kappa shape index (κ1) is 22.6. The zero-order chi connectivity index (χ0) is 23.7. The molecule has 3 heterocycles. The van der Waals surface area contributed by atoms with Crippen LogP contribution >= 0.6 is 34.5 Å². The molecule has 0 aliphatic carbocycles. The monoisotopic (exact) mass is 507 g/mol. The predicted molar refractivity (Wildman–Crippen MR) is 135 cm³/mol. The molecule has 6 nitrogen and oxygen atoms in total. The number of halogens is 2. The van der Waals surface area contributed by atoms with Crippen LogP contribution in [0.3, 0.4) is 0 Å². The Bertz CT molecular complexity index is 1590. The van der Waals surface area contributed by atoms with Crippen LogP contribution in [-0.2, 0) is 13.0 Å². The molecule has 0 spiro atoms. The minimum absolute atomic E-state index is 0.222. The van der Waals surface area contributed by atoms with Crippen LogP contribution in [0.1, 0.15) is 36.5 Å². The van der Waals surface area contributed by atoms with Crippen molar-refractivity contribution in [2.75, 3.05) is 0 Å². The maximum atomic E-state index is 13.6. The quantitative estimate of drug-likeness (QED) is 0.418. The number of hydrogen-bond acceptors (Lipinski definition) is 5. The smallest absolute Gasteiger partial charge is 0.273 e. The minimum Gasteiger partial charge on any atom is -0.310 e. The average Bonchev–Trinajstić information content (AvgIpc) is 3.28. The van der Waals surface area contributed by atoms with Crippen molar-refractivity contribution in [3.8, 4) is 11.8 Å². The zero-order valence-corrected chi connectivity index (χ0v) is 20.4. The van der Waals surface area contributed by atoms with Gasteiger partial charge < -0.3 is 4.57 Å². The van der Waals surface area contributed by atoms with E-state index >= 15 is 0 Å². The summed E-state index contributed by atoms with van der Waals surface area (Å²) in [5.74, 6) is 1.39. The molecule has 170 valence electrons. The second-order valence-electron chi connectivity index (χ2n) is 7.95. The van der Waals surface area contributed by atoms with E-state index in [4.69, 9.17) is 23.2 Å². The molecule has 0 fully saturated rings. The van der Waals surface area contributed by atoms with E-state index in [-0.39, 0.29) is 5.56 Å². The summed E-state index contributed by atoms with van der Waals surface area (Å²) in [6.45, 7) is 0.756. The van der Waals surface area contributed by atoms with E-state index in [2.05, 4.69) is 16.3 Å². The van der Waals surface area contributed by atoms with Crippen molar-refractivity contribution in [1.82, 2.24) is 19.3 Å². The lowest BCUT2D eigenvalue weighted by molar-refractivity contribution is 0.627. The van der Waals surface area contributed by atoms with E-state index in [0.29, 0.717) is 36.3 Å². The number of rotatable bonds is 3. The molecular weight excluding hydrogens is 489 g/mol. The van der Waals surface area contributed by atoms with Crippen LogP contribution in [0.4, 0.5) is 0 Å². The summed E-state index contributed by atoms with van der Waals surface area (Å²) in [4.78, 5) is 13.6. The third-order valence-electron chi connectivity index (χ3n) is 5.74. The topological polar surface area (TPSA) is 76.5 Å². The van der Waals surface area contributed by atoms with Crippen molar-refractivity contribution in [2.45, 2.75) is 32.2 Å². The Balaban J connectivity index is 1.82. The second-order valence-corrected chi connectivity index (χ2v) is 9.80. The second kappa shape index (κ2) is 9.59. The van der Waals surface area contributed by atoms with E-state index in [9.17, 15) is 10.1 Å². The van der Waals surface area contributed by atoms with Gasteiger partial charge >= 0.3 is 0 Å². The van der Waals surface area contributed by atoms with Gasteiger partial charge in [-0.05, 0) is 48.7 Å². The van der Waals surface area contributed by atoms with Crippen molar-refractivity contribution in [1.29, 1.82) is 5.26 Å². The highest BCUT2D eigenvalue weighted by molar-refractivity contribution is 7.07. The first-order valence-electron chi connectivity index (χ1n) is 10.9. The Kier molecular flexibility index (Phi) is 6.38. The minimum atomic E-state index is -0.222. The third kappa shape index (κ3) is 4.21. The molecule has 0 saturated carbocycles. The number of thiazole rings is 1. The van der Waals surface area contributed by atoms with Gasteiger partial charge in [0.05, 0.1) is 20.3 Å². The molecule has 0 atom stereocenters. The number of nitriles is 1. The molecule has 0 unspecified atom stereocenters. The Morgan fingerprint density at radius 2 is 1.88 bits per heavy atom. The molecule has 0 amide bonds. The number of fused-ring (bicyclic) bond motifs is 1. The van der Waals surface area contributed by atoms with Crippen molar-refractivity contribution < 1.29 is 0 Å². The Hall–Kier alpha value is -3.18. The van der Waals surface area contributed by atoms with Gasteiger partial charge in [0, 0.05) is 13.0 Å². The number of benzene rings is 2. The molecule has 9 heteroatoms.